The first-order chi connectivity index (χ1) is 14.3. The minimum absolute atomic E-state index is 0.0116. The predicted octanol–water partition coefficient (Wildman–Crippen LogP) is 4.15. The molecule has 0 fully saturated rings. The maximum atomic E-state index is 13.6. The average Bonchev–Trinajstić information content (AvgIpc) is 2.74. The molecule has 0 bridgehead atoms. The number of aryl methyl sites for hydroxylation is 2. The van der Waals surface area contributed by atoms with E-state index in [0.717, 1.165) is 15.4 Å². The Kier molecular flexibility index (Phi) is 6.42. The molecule has 0 saturated carbocycles. The molecule has 0 unspecified atom stereocenters. The van der Waals surface area contributed by atoms with Gasteiger partial charge in [-0.05, 0) is 55.3 Å². The standard InChI is InChI=1S/C23H24N2O4S/c1-17-13-14-21(29-3)22(15-17)30(27,28)25(19-10-5-4-6-11-19)16-23(26)24-20-12-8-7-9-18(20)2/h4-15H,16H2,1-3H3,(H,24,26). The van der Waals surface area contributed by atoms with E-state index in [2.05, 4.69) is 5.32 Å². The number of hydrogen-bond acceptors (Lipinski definition) is 4. The van der Waals surface area contributed by atoms with Crippen LogP contribution in [-0.2, 0) is 14.8 Å². The number of anilines is 2. The van der Waals surface area contributed by atoms with E-state index >= 15 is 0 Å². The van der Waals surface area contributed by atoms with Gasteiger partial charge in [0.05, 0.1) is 12.8 Å². The Labute approximate surface area is 177 Å². The molecule has 0 atom stereocenters. The quantitative estimate of drug-likeness (QED) is 0.618. The van der Waals surface area contributed by atoms with Crippen molar-refractivity contribution in [2.75, 3.05) is 23.3 Å². The van der Waals surface area contributed by atoms with E-state index in [1.54, 1.807) is 61.5 Å². The van der Waals surface area contributed by atoms with Crippen molar-refractivity contribution in [2.45, 2.75) is 18.7 Å². The lowest BCUT2D eigenvalue weighted by atomic mass is 10.2. The van der Waals surface area contributed by atoms with Gasteiger partial charge in [-0.25, -0.2) is 8.42 Å². The maximum absolute atomic E-state index is 13.6. The van der Waals surface area contributed by atoms with E-state index in [1.807, 2.05) is 25.1 Å². The fourth-order valence-electron chi connectivity index (χ4n) is 3.05. The van der Waals surface area contributed by atoms with Crippen LogP contribution in [0.4, 0.5) is 11.4 Å². The van der Waals surface area contributed by atoms with E-state index in [-0.39, 0.29) is 17.2 Å². The predicted molar refractivity (Wildman–Crippen MR) is 119 cm³/mol. The maximum Gasteiger partial charge on any atom is 0.268 e. The summed E-state index contributed by atoms with van der Waals surface area (Å²) in [4.78, 5) is 12.8. The average molecular weight is 425 g/mol. The van der Waals surface area contributed by atoms with Gasteiger partial charge < -0.3 is 10.1 Å². The largest absolute Gasteiger partial charge is 0.495 e. The van der Waals surface area contributed by atoms with Crippen LogP contribution in [0.15, 0.2) is 77.7 Å². The fraction of sp³-hybridized carbons (Fsp3) is 0.174. The highest BCUT2D eigenvalue weighted by Crippen LogP contribution is 2.30. The zero-order valence-electron chi connectivity index (χ0n) is 17.1. The van der Waals surface area contributed by atoms with E-state index in [4.69, 9.17) is 4.74 Å². The number of methoxy groups -OCH3 is 1. The van der Waals surface area contributed by atoms with E-state index in [9.17, 15) is 13.2 Å². The first kappa shape index (κ1) is 21.4. The highest BCUT2D eigenvalue weighted by Gasteiger charge is 2.30. The van der Waals surface area contributed by atoms with Gasteiger partial charge in [0, 0.05) is 5.69 Å². The molecule has 156 valence electrons. The van der Waals surface area contributed by atoms with Crippen LogP contribution in [-0.4, -0.2) is 28.0 Å². The van der Waals surface area contributed by atoms with Crippen molar-refractivity contribution in [3.8, 4) is 5.75 Å². The second kappa shape index (κ2) is 9.00. The monoisotopic (exact) mass is 424 g/mol. The van der Waals surface area contributed by atoms with Gasteiger partial charge in [-0.15, -0.1) is 0 Å². The van der Waals surface area contributed by atoms with Crippen LogP contribution in [0, 0.1) is 13.8 Å². The Morgan fingerprint density at radius 2 is 1.63 bits per heavy atom. The molecule has 0 aliphatic heterocycles. The number of nitrogens with one attached hydrogen (secondary N) is 1. The molecule has 0 heterocycles. The number of benzene rings is 3. The molecule has 0 aromatic heterocycles. The third-order valence-electron chi connectivity index (χ3n) is 4.64. The summed E-state index contributed by atoms with van der Waals surface area (Å²) in [6.07, 6.45) is 0. The lowest BCUT2D eigenvalue weighted by Gasteiger charge is -2.25. The molecule has 1 amide bonds. The number of ether oxygens (including phenoxy) is 1. The number of hydrogen-bond donors (Lipinski definition) is 1. The molecular formula is C23H24N2O4S. The van der Waals surface area contributed by atoms with Crippen LogP contribution in [0.1, 0.15) is 11.1 Å². The van der Waals surface area contributed by atoms with Crippen molar-refractivity contribution >= 4 is 27.3 Å². The summed E-state index contributed by atoms with van der Waals surface area (Å²) < 4.78 is 33.5. The molecule has 0 aliphatic rings. The molecule has 3 aromatic rings. The first-order valence-electron chi connectivity index (χ1n) is 9.41. The Bertz CT molecular complexity index is 1140. The summed E-state index contributed by atoms with van der Waals surface area (Å²) >= 11 is 0. The second-order valence-corrected chi connectivity index (χ2v) is 8.70. The minimum atomic E-state index is -4.07. The zero-order valence-corrected chi connectivity index (χ0v) is 17.9. The van der Waals surface area contributed by atoms with E-state index < -0.39 is 15.9 Å². The smallest absolute Gasteiger partial charge is 0.268 e. The summed E-state index contributed by atoms with van der Waals surface area (Å²) in [6.45, 7) is 3.30. The zero-order chi connectivity index (χ0) is 21.7. The van der Waals surface area contributed by atoms with Crippen LogP contribution in [0.5, 0.6) is 5.75 Å². The van der Waals surface area contributed by atoms with Crippen LogP contribution in [0.2, 0.25) is 0 Å². The lowest BCUT2D eigenvalue weighted by Crippen LogP contribution is -2.38. The molecule has 0 saturated heterocycles. The molecule has 3 rings (SSSR count). The normalized spacial score (nSPS) is 11.0. The van der Waals surface area contributed by atoms with E-state index in [1.165, 1.54) is 7.11 Å². The SMILES string of the molecule is COc1ccc(C)cc1S(=O)(=O)N(CC(=O)Nc1ccccc1C)c1ccccc1. The minimum Gasteiger partial charge on any atom is -0.495 e. The summed E-state index contributed by atoms with van der Waals surface area (Å²) in [5, 5.41) is 2.80. The third-order valence-corrected chi connectivity index (χ3v) is 6.43. The van der Waals surface area contributed by atoms with Gasteiger partial charge in [0.1, 0.15) is 17.2 Å². The molecule has 7 heteroatoms. The van der Waals surface area contributed by atoms with Crippen LogP contribution < -0.4 is 14.4 Å². The van der Waals surface area contributed by atoms with Crippen molar-refractivity contribution in [1.29, 1.82) is 0 Å². The topological polar surface area (TPSA) is 75.7 Å². The van der Waals surface area contributed by atoms with Crippen molar-refractivity contribution in [2.24, 2.45) is 0 Å². The number of para-hydroxylation sites is 2. The highest BCUT2D eigenvalue weighted by atomic mass is 32.2. The number of nitrogens with zero attached hydrogens (tertiary/aromatic N) is 1. The van der Waals surface area contributed by atoms with E-state index in [0.29, 0.717) is 11.4 Å². The highest BCUT2D eigenvalue weighted by molar-refractivity contribution is 7.93. The molecule has 6 nitrogen and oxygen atoms in total. The molecule has 0 aliphatic carbocycles. The van der Waals surface area contributed by atoms with Crippen molar-refractivity contribution in [1.82, 2.24) is 0 Å². The number of amides is 1. The third kappa shape index (κ3) is 4.63. The number of rotatable bonds is 7. The first-order valence-corrected chi connectivity index (χ1v) is 10.8. The van der Waals surface area contributed by atoms with Gasteiger partial charge in [-0.1, -0.05) is 42.5 Å². The van der Waals surface area contributed by atoms with Gasteiger partial charge in [-0.3, -0.25) is 9.10 Å². The Morgan fingerprint density at radius 1 is 0.967 bits per heavy atom. The molecule has 0 spiro atoms. The van der Waals surface area contributed by atoms with Gasteiger partial charge in [0.25, 0.3) is 10.0 Å². The molecule has 30 heavy (non-hydrogen) atoms. The number of carbonyl (C=O) groups excluding carboxylic acids is 1. The molecule has 3 aromatic carbocycles. The second-order valence-electron chi connectivity index (χ2n) is 6.86. The van der Waals surface area contributed by atoms with Crippen LogP contribution in [0.3, 0.4) is 0 Å². The number of sulfonamides is 1. The molecule has 0 radical (unpaired) electrons. The summed E-state index contributed by atoms with van der Waals surface area (Å²) in [6, 6.07) is 20.8. The Hall–Kier alpha value is -3.32. The summed E-state index contributed by atoms with van der Waals surface area (Å²) in [7, 11) is -2.65. The number of carbonyl (C=O) groups is 1. The van der Waals surface area contributed by atoms with Gasteiger partial charge in [0.2, 0.25) is 5.91 Å². The van der Waals surface area contributed by atoms with Crippen LogP contribution >= 0.6 is 0 Å². The van der Waals surface area contributed by atoms with Crippen molar-refractivity contribution < 1.29 is 17.9 Å². The Balaban J connectivity index is 2.01. The molecular weight excluding hydrogens is 400 g/mol. The summed E-state index contributed by atoms with van der Waals surface area (Å²) in [5.41, 5.74) is 2.69. The lowest BCUT2D eigenvalue weighted by molar-refractivity contribution is -0.114. The Morgan fingerprint density at radius 3 is 2.30 bits per heavy atom. The van der Waals surface area contributed by atoms with Crippen molar-refractivity contribution in [3.05, 3.63) is 83.9 Å². The summed E-state index contributed by atoms with van der Waals surface area (Å²) in [5.74, 6) is -0.218. The van der Waals surface area contributed by atoms with Gasteiger partial charge >= 0.3 is 0 Å². The van der Waals surface area contributed by atoms with Gasteiger partial charge in [-0.2, -0.15) is 0 Å². The van der Waals surface area contributed by atoms with Gasteiger partial charge in [0.15, 0.2) is 0 Å². The van der Waals surface area contributed by atoms with Crippen LogP contribution in [0.25, 0.3) is 0 Å². The fourth-order valence-corrected chi connectivity index (χ4v) is 4.71. The van der Waals surface area contributed by atoms with Crippen molar-refractivity contribution in [3.63, 3.8) is 0 Å². The molecule has 1 N–H and O–H groups in total.